The first kappa shape index (κ1) is 16.2. The number of methoxy groups -OCH3 is 1. The maximum Gasteiger partial charge on any atom is 0.186 e. The Kier molecular flexibility index (Phi) is 7.74. The lowest BCUT2D eigenvalue weighted by molar-refractivity contribution is 0.195. The molecule has 2 N–H and O–H groups in total. The van der Waals surface area contributed by atoms with Crippen LogP contribution in [0.2, 0.25) is 10.0 Å². The lowest BCUT2D eigenvalue weighted by Gasteiger charge is -2.06. The highest BCUT2D eigenvalue weighted by Gasteiger charge is 1.97. The summed E-state index contributed by atoms with van der Waals surface area (Å²) in [7, 11) is 1.66. The molecule has 0 saturated carbocycles. The fourth-order valence-electron chi connectivity index (χ4n) is 1.22. The molecule has 1 aromatic rings. The highest BCUT2D eigenvalue weighted by Crippen LogP contribution is 2.21. The predicted octanol–water partition coefficient (Wildman–Crippen LogP) is 2.83. The summed E-state index contributed by atoms with van der Waals surface area (Å²) in [4.78, 5) is 0. The van der Waals surface area contributed by atoms with Crippen molar-refractivity contribution < 1.29 is 4.74 Å². The molecule has 0 aliphatic rings. The summed E-state index contributed by atoms with van der Waals surface area (Å²) >= 11 is 16.7. The van der Waals surface area contributed by atoms with Crippen molar-refractivity contribution in [3.63, 3.8) is 0 Å². The normalized spacial score (nSPS) is 10.7. The molecular formula is C12H15Cl2N3OS. The second-order valence-electron chi connectivity index (χ2n) is 3.65. The van der Waals surface area contributed by atoms with Crippen molar-refractivity contribution in [1.82, 2.24) is 10.7 Å². The molecule has 0 fully saturated rings. The number of ether oxygens (including phenoxy) is 1. The van der Waals surface area contributed by atoms with Gasteiger partial charge in [0.05, 0.1) is 16.3 Å². The van der Waals surface area contributed by atoms with Gasteiger partial charge in [-0.1, -0.05) is 29.3 Å². The molecule has 7 heteroatoms. The van der Waals surface area contributed by atoms with Crippen LogP contribution >= 0.6 is 35.4 Å². The van der Waals surface area contributed by atoms with E-state index in [1.165, 1.54) is 0 Å². The molecule has 4 nitrogen and oxygen atoms in total. The van der Waals surface area contributed by atoms with Gasteiger partial charge in [0, 0.05) is 20.3 Å². The first-order chi connectivity index (χ1) is 9.13. The molecule has 1 rings (SSSR count). The highest BCUT2D eigenvalue weighted by atomic mass is 35.5. The summed E-state index contributed by atoms with van der Waals surface area (Å²) in [6, 6.07) is 5.26. The minimum atomic E-state index is 0.465. The first-order valence-corrected chi connectivity index (χ1v) is 6.81. The van der Waals surface area contributed by atoms with Gasteiger partial charge in [0.15, 0.2) is 5.11 Å². The lowest BCUT2D eigenvalue weighted by atomic mass is 10.2. The van der Waals surface area contributed by atoms with Crippen molar-refractivity contribution in [1.29, 1.82) is 0 Å². The van der Waals surface area contributed by atoms with Crippen LogP contribution in [0.3, 0.4) is 0 Å². The van der Waals surface area contributed by atoms with Crippen molar-refractivity contribution in [3.05, 3.63) is 33.8 Å². The minimum Gasteiger partial charge on any atom is -0.385 e. The summed E-state index contributed by atoms with van der Waals surface area (Å²) in [5.74, 6) is 0. The summed E-state index contributed by atoms with van der Waals surface area (Å²) in [6.07, 6.45) is 2.50. The van der Waals surface area contributed by atoms with Crippen molar-refractivity contribution in [3.8, 4) is 0 Å². The fraction of sp³-hybridized carbons (Fsp3) is 0.333. The number of rotatable bonds is 6. The molecule has 0 bridgehead atoms. The van der Waals surface area contributed by atoms with Gasteiger partial charge in [-0.25, -0.2) is 0 Å². The Morgan fingerprint density at radius 3 is 2.89 bits per heavy atom. The molecular weight excluding hydrogens is 305 g/mol. The smallest absolute Gasteiger partial charge is 0.186 e. The molecule has 1 aromatic carbocycles. The van der Waals surface area contributed by atoms with E-state index in [1.54, 1.807) is 25.5 Å². The Morgan fingerprint density at radius 2 is 2.21 bits per heavy atom. The maximum atomic E-state index is 5.89. The molecule has 0 amide bonds. The molecule has 0 unspecified atom stereocenters. The van der Waals surface area contributed by atoms with Gasteiger partial charge in [-0.2, -0.15) is 5.10 Å². The zero-order valence-corrected chi connectivity index (χ0v) is 12.8. The van der Waals surface area contributed by atoms with Crippen molar-refractivity contribution in [2.75, 3.05) is 20.3 Å². The molecule has 0 aliphatic heterocycles. The Labute approximate surface area is 128 Å². The van der Waals surface area contributed by atoms with Crippen molar-refractivity contribution >= 4 is 46.7 Å². The van der Waals surface area contributed by atoms with E-state index in [9.17, 15) is 0 Å². The van der Waals surface area contributed by atoms with Gasteiger partial charge in [-0.15, -0.1) is 0 Å². The van der Waals surface area contributed by atoms with E-state index in [4.69, 9.17) is 40.2 Å². The van der Waals surface area contributed by atoms with Crippen molar-refractivity contribution in [2.45, 2.75) is 6.42 Å². The Hall–Kier alpha value is -0.880. The molecule has 0 aliphatic carbocycles. The number of hydrogen-bond acceptors (Lipinski definition) is 3. The van der Waals surface area contributed by atoms with E-state index in [1.807, 2.05) is 6.07 Å². The molecule has 0 aromatic heterocycles. The van der Waals surface area contributed by atoms with Gasteiger partial charge in [0.2, 0.25) is 0 Å². The monoisotopic (exact) mass is 319 g/mol. The van der Waals surface area contributed by atoms with Gasteiger partial charge >= 0.3 is 0 Å². The Balaban J connectivity index is 2.32. The molecule has 19 heavy (non-hydrogen) atoms. The third-order valence-electron chi connectivity index (χ3n) is 2.13. The summed E-state index contributed by atoms with van der Waals surface area (Å²) in [6.45, 7) is 1.43. The van der Waals surface area contributed by atoms with Gasteiger partial charge in [0.1, 0.15) is 0 Å². The molecule has 0 radical (unpaired) electrons. The third kappa shape index (κ3) is 6.73. The van der Waals surface area contributed by atoms with E-state index >= 15 is 0 Å². The first-order valence-electron chi connectivity index (χ1n) is 5.64. The van der Waals surface area contributed by atoms with E-state index in [2.05, 4.69) is 15.8 Å². The number of benzene rings is 1. The quantitative estimate of drug-likeness (QED) is 0.366. The summed E-state index contributed by atoms with van der Waals surface area (Å²) in [5, 5.41) is 8.48. The fourth-order valence-corrected chi connectivity index (χ4v) is 1.68. The number of halogens is 2. The average Bonchev–Trinajstić information content (AvgIpc) is 2.39. The number of nitrogens with zero attached hydrogens (tertiary/aromatic N) is 1. The largest absolute Gasteiger partial charge is 0.385 e. The minimum absolute atomic E-state index is 0.465. The summed E-state index contributed by atoms with van der Waals surface area (Å²) in [5.41, 5.74) is 3.55. The molecule has 0 spiro atoms. The SMILES string of the molecule is COCCCNC(=S)N/N=C/c1ccc(Cl)c(Cl)c1. The number of hydrogen-bond donors (Lipinski definition) is 2. The zero-order chi connectivity index (χ0) is 14.1. The number of hydrazone groups is 1. The molecule has 0 saturated heterocycles. The second-order valence-corrected chi connectivity index (χ2v) is 4.87. The van der Waals surface area contributed by atoms with Crippen LogP contribution in [0.15, 0.2) is 23.3 Å². The molecule has 0 atom stereocenters. The second kappa shape index (κ2) is 9.09. The molecule has 104 valence electrons. The summed E-state index contributed by atoms with van der Waals surface area (Å²) < 4.78 is 4.93. The molecule has 0 heterocycles. The van der Waals surface area contributed by atoms with Gasteiger partial charge in [-0.3, -0.25) is 5.43 Å². The highest BCUT2D eigenvalue weighted by molar-refractivity contribution is 7.80. The van der Waals surface area contributed by atoms with E-state index in [0.717, 1.165) is 18.5 Å². The predicted molar refractivity (Wildman–Crippen MR) is 84.3 cm³/mol. The van der Waals surface area contributed by atoms with Crippen LogP contribution in [-0.4, -0.2) is 31.6 Å². The Bertz CT molecular complexity index is 455. The van der Waals surface area contributed by atoms with Crippen LogP contribution in [0.25, 0.3) is 0 Å². The van der Waals surface area contributed by atoms with Crippen LogP contribution in [-0.2, 0) is 4.74 Å². The van der Waals surface area contributed by atoms with Crippen LogP contribution in [0, 0.1) is 0 Å². The lowest BCUT2D eigenvalue weighted by Crippen LogP contribution is -2.33. The van der Waals surface area contributed by atoms with Crippen molar-refractivity contribution in [2.24, 2.45) is 5.10 Å². The van der Waals surface area contributed by atoms with Crippen LogP contribution in [0.1, 0.15) is 12.0 Å². The van der Waals surface area contributed by atoms with E-state index in [-0.39, 0.29) is 0 Å². The number of nitrogens with one attached hydrogen (secondary N) is 2. The zero-order valence-electron chi connectivity index (χ0n) is 10.5. The third-order valence-corrected chi connectivity index (χ3v) is 3.11. The van der Waals surface area contributed by atoms with E-state index in [0.29, 0.717) is 21.8 Å². The van der Waals surface area contributed by atoms with Gasteiger partial charge < -0.3 is 10.1 Å². The topological polar surface area (TPSA) is 45.6 Å². The van der Waals surface area contributed by atoms with Crippen LogP contribution < -0.4 is 10.7 Å². The Morgan fingerprint density at radius 1 is 1.42 bits per heavy atom. The van der Waals surface area contributed by atoms with Crippen LogP contribution in [0.5, 0.6) is 0 Å². The average molecular weight is 320 g/mol. The van der Waals surface area contributed by atoms with Gasteiger partial charge in [-0.05, 0) is 36.3 Å². The van der Waals surface area contributed by atoms with E-state index < -0.39 is 0 Å². The maximum absolute atomic E-state index is 5.89. The van der Waals surface area contributed by atoms with Gasteiger partial charge in [0.25, 0.3) is 0 Å². The number of thiocarbonyl (C=S) groups is 1. The van der Waals surface area contributed by atoms with Crippen LogP contribution in [0.4, 0.5) is 0 Å². The standard InChI is InChI=1S/C12H15Cl2N3OS/c1-18-6-2-5-15-12(19)17-16-8-9-3-4-10(13)11(14)7-9/h3-4,7-8H,2,5-6H2,1H3,(H2,15,17,19)/b16-8+.